The molecule has 0 saturated carbocycles. The molecule has 2 heteroatoms. The molecule has 1 saturated heterocycles. The lowest BCUT2D eigenvalue weighted by Crippen LogP contribution is -2.28. The van der Waals surface area contributed by atoms with Crippen molar-refractivity contribution in [2.75, 3.05) is 26.7 Å². The molecule has 1 aromatic rings. The fraction of sp³-hybridized carbons (Fsp3) is 0.600. The molecule has 2 rings (SSSR count). The Morgan fingerprint density at radius 2 is 2.12 bits per heavy atom. The Kier molecular flexibility index (Phi) is 5.02. The van der Waals surface area contributed by atoms with E-state index in [2.05, 4.69) is 34.9 Å². The van der Waals surface area contributed by atoms with Gasteiger partial charge in [0.1, 0.15) is 0 Å². The van der Waals surface area contributed by atoms with E-state index in [4.69, 9.17) is 0 Å². The molecule has 1 fully saturated rings. The fourth-order valence-corrected chi connectivity index (χ4v) is 2.56. The highest BCUT2D eigenvalue weighted by Gasteiger charge is 2.14. The number of nitrogens with one attached hydrogen (secondary N) is 2. The number of piperidine rings is 1. The Bertz CT molecular complexity index is 312. The largest absolute Gasteiger partial charge is 0.320 e. The minimum atomic E-state index is 0.732. The molecule has 2 N–H and O–H groups in total. The lowest BCUT2D eigenvalue weighted by Gasteiger charge is -2.23. The quantitative estimate of drug-likeness (QED) is 0.761. The van der Waals surface area contributed by atoms with Gasteiger partial charge in [-0.25, -0.2) is 0 Å². The van der Waals surface area contributed by atoms with Gasteiger partial charge in [-0.2, -0.15) is 0 Å². The molecule has 0 spiro atoms. The van der Waals surface area contributed by atoms with Gasteiger partial charge < -0.3 is 10.6 Å². The zero-order valence-electron chi connectivity index (χ0n) is 10.8. The Labute approximate surface area is 105 Å². The molecule has 0 aliphatic carbocycles. The van der Waals surface area contributed by atoms with Crippen molar-refractivity contribution in [2.24, 2.45) is 0 Å². The number of hydrogen-bond acceptors (Lipinski definition) is 2. The fourth-order valence-electron chi connectivity index (χ4n) is 2.56. The monoisotopic (exact) mass is 232 g/mol. The van der Waals surface area contributed by atoms with Crippen LogP contribution in [-0.4, -0.2) is 26.7 Å². The third-order valence-corrected chi connectivity index (χ3v) is 3.64. The van der Waals surface area contributed by atoms with Gasteiger partial charge in [0.05, 0.1) is 0 Å². The normalized spacial score (nSPS) is 20.4. The van der Waals surface area contributed by atoms with Gasteiger partial charge in [-0.05, 0) is 62.9 Å². The van der Waals surface area contributed by atoms with Crippen molar-refractivity contribution in [3.8, 4) is 0 Å². The maximum atomic E-state index is 3.48. The first-order valence-electron chi connectivity index (χ1n) is 6.84. The summed E-state index contributed by atoms with van der Waals surface area (Å²) in [6.07, 6.45) is 5.06. The second-order valence-electron chi connectivity index (χ2n) is 4.99. The van der Waals surface area contributed by atoms with E-state index in [0.29, 0.717) is 0 Å². The van der Waals surface area contributed by atoms with Crippen molar-refractivity contribution < 1.29 is 0 Å². The van der Waals surface area contributed by atoms with Gasteiger partial charge in [-0.3, -0.25) is 0 Å². The summed E-state index contributed by atoms with van der Waals surface area (Å²) in [7, 11) is 2.01. The maximum absolute atomic E-state index is 3.48. The van der Waals surface area contributed by atoms with E-state index >= 15 is 0 Å². The minimum absolute atomic E-state index is 0.732. The van der Waals surface area contributed by atoms with Crippen LogP contribution in [0.15, 0.2) is 24.3 Å². The second-order valence-corrected chi connectivity index (χ2v) is 4.99. The van der Waals surface area contributed by atoms with E-state index in [-0.39, 0.29) is 0 Å². The number of rotatable bonds is 5. The van der Waals surface area contributed by atoms with Crippen LogP contribution in [0.4, 0.5) is 0 Å². The van der Waals surface area contributed by atoms with Gasteiger partial charge in [0.15, 0.2) is 0 Å². The van der Waals surface area contributed by atoms with Gasteiger partial charge >= 0.3 is 0 Å². The summed E-state index contributed by atoms with van der Waals surface area (Å²) in [5.74, 6) is 0.732. The molecule has 0 amide bonds. The summed E-state index contributed by atoms with van der Waals surface area (Å²) < 4.78 is 0. The molecule has 1 unspecified atom stereocenters. The van der Waals surface area contributed by atoms with Gasteiger partial charge in [-0.1, -0.05) is 24.3 Å². The van der Waals surface area contributed by atoms with Gasteiger partial charge in [0.25, 0.3) is 0 Å². The average molecular weight is 232 g/mol. The predicted octanol–water partition coefficient (Wildman–Crippen LogP) is 2.31. The second kappa shape index (κ2) is 6.77. The van der Waals surface area contributed by atoms with Crippen molar-refractivity contribution in [1.82, 2.24) is 10.6 Å². The first kappa shape index (κ1) is 12.6. The molecule has 1 aliphatic heterocycles. The van der Waals surface area contributed by atoms with Crippen LogP contribution in [0.1, 0.15) is 36.3 Å². The highest BCUT2D eigenvalue weighted by Crippen LogP contribution is 2.23. The lowest BCUT2D eigenvalue weighted by molar-refractivity contribution is 0.461. The Hall–Kier alpha value is -0.860. The summed E-state index contributed by atoms with van der Waals surface area (Å²) >= 11 is 0. The molecule has 1 atom stereocenters. The summed E-state index contributed by atoms with van der Waals surface area (Å²) in [6, 6.07) is 9.26. The number of hydrogen-bond donors (Lipinski definition) is 2. The molecule has 17 heavy (non-hydrogen) atoms. The van der Waals surface area contributed by atoms with Crippen LogP contribution >= 0.6 is 0 Å². The molecule has 0 aromatic heterocycles. The van der Waals surface area contributed by atoms with E-state index in [1.165, 1.54) is 43.4 Å². The van der Waals surface area contributed by atoms with Crippen LogP contribution in [0.25, 0.3) is 0 Å². The zero-order valence-corrected chi connectivity index (χ0v) is 10.8. The molecule has 94 valence electrons. The SMILES string of the molecule is CNCCCc1ccc(C2CCCNC2)cc1. The van der Waals surface area contributed by atoms with E-state index in [9.17, 15) is 0 Å². The first-order valence-corrected chi connectivity index (χ1v) is 6.84. The average Bonchev–Trinajstić information content (AvgIpc) is 2.41. The molecular formula is C15H24N2. The Morgan fingerprint density at radius 1 is 1.29 bits per heavy atom. The first-order chi connectivity index (χ1) is 8.40. The molecule has 0 bridgehead atoms. The molecule has 1 heterocycles. The summed E-state index contributed by atoms with van der Waals surface area (Å²) in [4.78, 5) is 0. The Morgan fingerprint density at radius 3 is 2.76 bits per heavy atom. The standard InChI is InChI=1S/C15H24N2/c1-16-10-2-4-13-6-8-14(9-7-13)15-5-3-11-17-12-15/h6-9,15-17H,2-5,10-12H2,1H3. The molecule has 0 radical (unpaired) electrons. The number of benzene rings is 1. The van der Waals surface area contributed by atoms with Gasteiger partial charge in [-0.15, -0.1) is 0 Å². The van der Waals surface area contributed by atoms with E-state index in [1.807, 2.05) is 7.05 Å². The topological polar surface area (TPSA) is 24.1 Å². The molecule has 1 aromatic carbocycles. The summed E-state index contributed by atoms with van der Waals surface area (Å²) in [5, 5.41) is 6.67. The lowest BCUT2D eigenvalue weighted by atomic mass is 9.91. The molecular weight excluding hydrogens is 208 g/mol. The van der Waals surface area contributed by atoms with Crippen molar-refractivity contribution in [3.05, 3.63) is 35.4 Å². The summed E-state index contributed by atoms with van der Waals surface area (Å²) in [5.41, 5.74) is 2.97. The minimum Gasteiger partial charge on any atom is -0.320 e. The van der Waals surface area contributed by atoms with Crippen LogP contribution < -0.4 is 10.6 Å². The van der Waals surface area contributed by atoms with Crippen LogP contribution in [0, 0.1) is 0 Å². The molecule has 2 nitrogen and oxygen atoms in total. The number of aryl methyl sites for hydroxylation is 1. The zero-order chi connectivity index (χ0) is 11.9. The van der Waals surface area contributed by atoms with Crippen molar-refractivity contribution >= 4 is 0 Å². The van der Waals surface area contributed by atoms with Gasteiger partial charge in [0, 0.05) is 6.54 Å². The third-order valence-electron chi connectivity index (χ3n) is 3.64. The van der Waals surface area contributed by atoms with Crippen molar-refractivity contribution in [1.29, 1.82) is 0 Å². The highest BCUT2D eigenvalue weighted by atomic mass is 14.9. The van der Waals surface area contributed by atoms with Gasteiger partial charge in [0.2, 0.25) is 0 Å². The van der Waals surface area contributed by atoms with Crippen LogP contribution in [-0.2, 0) is 6.42 Å². The van der Waals surface area contributed by atoms with Crippen LogP contribution in [0.5, 0.6) is 0 Å². The third kappa shape index (κ3) is 3.83. The highest BCUT2D eigenvalue weighted by molar-refractivity contribution is 5.26. The van der Waals surface area contributed by atoms with Crippen molar-refractivity contribution in [2.45, 2.75) is 31.6 Å². The van der Waals surface area contributed by atoms with E-state index < -0.39 is 0 Å². The maximum Gasteiger partial charge on any atom is 0.00201 e. The van der Waals surface area contributed by atoms with Crippen molar-refractivity contribution in [3.63, 3.8) is 0 Å². The molecule has 1 aliphatic rings. The Balaban J connectivity index is 1.88. The van der Waals surface area contributed by atoms with E-state index in [0.717, 1.165) is 19.0 Å². The predicted molar refractivity (Wildman–Crippen MR) is 73.5 cm³/mol. The summed E-state index contributed by atoms with van der Waals surface area (Å²) in [6.45, 7) is 3.45. The van der Waals surface area contributed by atoms with Crippen LogP contribution in [0.2, 0.25) is 0 Å². The van der Waals surface area contributed by atoms with E-state index in [1.54, 1.807) is 0 Å². The van der Waals surface area contributed by atoms with Crippen LogP contribution in [0.3, 0.4) is 0 Å². The smallest absolute Gasteiger partial charge is 0.00201 e.